The van der Waals surface area contributed by atoms with Crippen molar-refractivity contribution in [2.45, 2.75) is 35.7 Å². The fourth-order valence-electron chi connectivity index (χ4n) is 2.92. The van der Waals surface area contributed by atoms with Crippen molar-refractivity contribution < 1.29 is 9.84 Å². The molecule has 100 valence electrons. The summed E-state index contributed by atoms with van der Waals surface area (Å²) in [4.78, 5) is 1.94. The van der Waals surface area contributed by atoms with Crippen molar-refractivity contribution in [3.8, 4) is 6.07 Å². The molecule has 0 bridgehead atoms. The first kappa shape index (κ1) is 13.1. The van der Waals surface area contributed by atoms with Gasteiger partial charge in [0.15, 0.2) is 0 Å². The van der Waals surface area contributed by atoms with E-state index in [4.69, 9.17) is 4.74 Å². The predicted molar refractivity (Wildman–Crippen MR) is 73.5 cm³/mol. The highest BCUT2D eigenvalue weighted by molar-refractivity contribution is 9.09. The van der Waals surface area contributed by atoms with Crippen LogP contribution in [0.2, 0.25) is 0 Å². The van der Waals surface area contributed by atoms with E-state index in [0.29, 0.717) is 13.0 Å². The molecule has 5 heteroatoms. The molecule has 0 spiro atoms. The van der Waals surface area contributed by atoms with Crippen LogP contribution in [0.3, 0.4) is 0 Å². The summed E-state index contributed by atoms with van der Waals surface area (Å²) in [6.45, 7) is 0.557. The summed E-state index contributed by atoms with van der Waals surface area (Å²) in [6, 6.07) is 12.1. The monoisotopic (exact) mass is 322 g/mol. The molecule has 0 aromatic heterocycles. The van der Waals surface area contributed by atoms with Crippen LogP contribution >= 0.6 is 15.9 Å². The van der Waals surface area contributed by atoms with Crippen LogP contribution in [0.5, 0.6) is 0 Å². The Labute approximate surface area is 120 Å². The zero-order valence-electron chi connectivity index (χ0n) is 10.3. The molecule has 2 heterocycles. The Hall–Kier alpha value is -0.930. The van der Waals surface area contributed by atoms with Gasteiger partial charge < -0.3 is 9.84 Å². The normalized spacial score (nSPS) is 38.7. The van der Waals surface area contributed by atoms with Crippen molar-refractivity contribution in [2.24, 2.45) is 0 Å². The molecule has 2 aliphatic rings. The molecule has 0 unspecified atom stereocenters. The molecule has 2 saturated heterocycles. The number of hydrogen-bond donors (Lipinski definition) is 1. The van der Waals surface area contributed by atoms with Gasteiger partial charge in [0.05, 0.1) is 29.6 Å². The van der Waals surface area contributed by atoms with Gasteiger partial charge in [-0.2, -0.15) is 5.26 Å². The van der Waals surface area contributed by atoms with Gasteiger partial charge in [-0.1, -0.05) is 46.3 Å². The molecule has 5 atom stereocenters. The summed E-state index contributed by atoms with van der Waals surface area (Å²) in [5.74, 6) is 0. The second-order valence-electron chi connectivity index (χ2n) is 4.99. The summed E-state index contributed by atoms with van der Waals surface area (Å²) in [5, 5.41) is 19.3. The Balaban J connectivity index is 1.92. The molecule has 1 aromatic carbocycles. The van der Waals surface area contributed by atoms with Crippen LogP contribution in [-0.4, -0.2) is 39.8 Å². The first-order chi connectivity index (χ1) is 9.22. The Morgan fingerprint density at radius 3 is 2.79 bits per heavy atom. The number of benzene rings is 1. The highest BCUT2D eigenvalue weighted by Gasteiger charge is 2.49. The second kappa shape index (κ2) is 5.22. The number of aliphatic hydroxyl groups is 1. The topological polar surface area (TPSA) is 56.5 Å². The average Bonchev–Trinajstić information content (AvgIpc) is 2.89. The number of piperidine rings is 1. The Bertz CT molecular complexity index is 490. The third kappa shape index (κ3) is 2.19. The molecule has 1 N–H and O–H groups in total. The maximum Gasteiger partial charge on any atom is 0.127 e. The second-order valence-corrected chi connectivity index (χ2v) is 6.05. The fraction of sp³-hybridized carbons (Fsp3) is 0.500. The third-order valence-electron chi connectivity index (χ3n) is 3.88. The molecule has 19 heavy (non-hydrogen) atoms. The van der Waals surface area contributed by atoms with E-state index in [9.17, 15) is 10.4 Å². The van der Waals surface area contributed by atoms with Crippen molar-refractivity contribution in [1.82, 2.24) is 4.90 Å². The van der Waals surface area contributed by atoms with Gasteiger partial charge >= 0.3 is 0 Å². The largest absolute Gasteiger partial charge is 0.392 e. The first-order valence-corrected chi connectivity index (χ1v) is 7.29. The van der Waals surface area contributed by atoms with Crippen LogP contribution in [-0.2, 0) is 4.74 Å². The minimum absolute atomic E-state index is 0.0865. The molecule has 0 saturated carbocycles. The van der Waals surface area contributed by atoms with Crippen LogP contribution in [0, 0.1) is 11.3 Å². The highest BCUT2D eigenvalue weighted by atomic mass is 79.9. The van der Waals surface area contributed by atoms with E-state index in [-0.39, 0.29) is 23.1 Å². The average molecular weight is 323 g/mol. The summed E-state index contributed by atoms with van der Waals surface area (Å²) < 4.78 is 5.81. The number of alkyl halides is 1. The number of ether oxygens (including phenoxy) is 1. The third-order valence-corrected chi connectivity index (χ3v) is 4.94. The summed E-state index contributed by atoms with van der Waals surface area (Å²) in [7, 11) is 0. The van der Waals surface area contributed by atoms with Crippen LogP contribution in [0.4, 0.5) is 0 Å². The zero-order valence-corrected chi connectivity index (χ0v) is 11.9. The SMILES string of the molecule is N#C[C@@H]1C[C@H](O)[C@H](Br)[C@H]2OC[C@@H](c3ccccc3)N12. The summed E-state index contributed by atoms with van der Waals surface area (Å²) in [5.41, 5.74) is 1.15. The first-order valence-electron chi connectivity index (χ1n) is 6.38. The number of nitriles is 1. The standard InChI is InChI=1S/C14H15BrN2O2/c15-13-12(18)6-10(7-16)17-11(8-19-14(13)17)9-4-2-1-3-5-9/h1-5,10-14,18H,6,8H2/t10-,11-,12-,13-,14+/m0/s1. The van der Waals surface area contributed by atoms with E-state index in [2.05, 4.69) is 39.0 Å². The predicted octanol–water partition coefficient (Wildman–Crippen LogP) is 1.81. The lowest BCUT2D eigenvalue weighted by atomic mass is 9.96. The maximum absolute atomic E-state index is 9.98. The number of fused-ring (bicyclic) bond motifs is 1. The van der Waals surface area contributed by atoms with Gasteiger partial charge in [-0.3, -0.25) is 4.90 Å². The van der Waals surface area contributed by atoms with Crippen molar-refractivity contribution in [3.05, 3.63) is 35.9 Å². The molecular formula is C14H15BrN2O2. The van der Waals surface area contributed by atoms with Gasteiger partial charge in [-0.15, -0.1) is 0 Å². The van der Waals surface area contributed by atoms with E-state index in [0.717, 1.165) is 5.56 Å². The van der Waals surface area contributed by atoms with Crippen molar-refractivity contribution in [2.75, 3.05) is 6.61 Å². The van der Waals surface area contributed by atoms with E-state index >= 15 is 0 Å². The number of rotatable bonds is 1. The number of hydrogen-bond acceptors (Lipinski definition) is 4. The van der Waals surface area contributed by atoms with E-state index in [1.54, 1.807) is 0 Å². The quantitative estimate of drug-likeness (QED) is 0.801. The zero-order chi connectivity index (χ0) is 13.4. The van der Waals surface area contributed by atoms with Gasteiger partial charge in [0.25, 0.3) is 0 Å². The smallest absolute Gasteiger partial charge is 0.127 e. The number of nitrogens with zero attached hydrogens (tertiary/aromatic N) is 2. The highest BCUT2D eigenvalue weighted by Crippen LogP contribution is 2.40. The number of aliphatic hydroxyl groups excluding tert-OH is 1. The Morgan fingerprint density at radius 1 is 1.37 bits per heavy atom. The van der Waals surface area contributed by atoms with E-state index in [1.807, 2.05) is 18.2 Å². The minimum Gasteiger partial charge on any atom is -0.392 e. The van der Waals surface area contributed by atoms with Crippen molar-refractivity contribution >= 4 is 15.9 Å². The molecule has 4 nitrogen and oxygen atoms in total. The van der Waals surface area contributed by atoms with E-state index < -0.39 is 6.10 Å². The van der Waals surface area contributed by atoms with Gasteiger partial charge in [0.1, 0.15) is 12.3 Å². The summed E-state index contributed by atoms with van der Waals surface area (Å²) in [6.07, 6.45) is -0.325. The molecule has 0 amide bonds. The van der Waals surface area contributed by atoms with Crippen LogP contribution in [0.1, 0.15) is 18.0 Å². The fourth-order valence-corrected chi connectivity index (χ4v) is 3.57. The molecule has 0 aliphatic carbocycles. The maximum atomic E-state index is 9.98. The van der Waals surface area contributed by atoms with Crippen LogP contribution in [0.25, 0.3) is 0 Å². The molecular weight excluding hydrogens is 308 g/mol. The molecule has 1 aromatic rings. The minimum atomic E-state index is -0.541. The van der Waals surface area contributed by atoms with Gasteiger partial charge in [-0.25, -0.2) is 0 Å². The van der Waals surface area contributed by atoms with Crippen molar-refractivity contribution in [3.63, 3.8) is 0 Å². The van der Waals surface area contributed by atoms with Crippen molar-refractivity contribution in [1.29, 1.82) is 5.26 Å². The molecule has 2 fully saturated rings. The van der Waals surface area contributed by atoms with E-state index in [1.165, 1.54) is 0 Å². The van der Waals surface area contributed by atoms with Crippen LogP contribution in [0.15, 0.2) is 30.3 Å². The summed E-state index contributed by atoms with van der Waals surface area (Å²) >= 11 is 3.49. The lowest BCUT2D eigenvalue weighted by molar-refractivity contribution is -0.0515. The lowest BCUT2D eigenvalue weighted by Gasteiger charge is -2.41. The Morgan fingerprint density at radius 2 is 2.11 bits per heavy atom. The number of halogens is 1. The Kier molecular flexibility index (Phi) is 3.59. The molecule has 0 radical (unpaired) electrons. The lowest BCUT2D eigenvalue weighted by Crippen LogP contribution is -2.54. The van der Waals surface area contributed by atoms with Crippen LogP contribution < -0.4 is 0 Å². The van der Waals surface area contributed by atoms with Gasteiger partial charge in [0.2, 0.25) is 0 Å². The molecule has 2 aliphatic heterocycles. The van der Waals surface area contributed by atoms with Gasteiger partial charge in [-0.05, 0) is 5.56 Å². The molecule has 3 rings (SSSR count). The van der Waals surface area contributed by atoms with Gasteiger partial charge in [0, 0.05) is 6.42 Å².